The van der Waals surface area contributed by atoms with E-state index < -0.39 is 0 Å². The Morgan fingerprint density at radius 3 is 2.40 bits per heavy atom. The average Bonchev–Trinajstić information content (AvgIpc) is 1.41. The molecule has 0 rings (SSSR count). The van der Waals surface area contributed by atoms with E-state index in [4.69, 9.17) is 10.8 Å². The van der Waals surface area contributed by atoms with E-state index in [0.717, 1.165) is 0 Å². The van der Waals surface area contributed by atoms with Crippen molar-refractivity contribution in [3.8, 4) is 0 Å². The first-order chi connectivity index (χ1) is 2.41. The standard InChI is InChI=1S/C3H7NO/c4-2-1-3-5/h1-2,5H,3-4H2/b2-1+. The van der Waals surface area contributed by atoms with Crippen LogP contribution in [-0.2, 0) is 0 Å². The van der Waals surface area contributed by atoms with Gasteiger partial charge in [0.1, 0.15) is 0 Å². The maximum atomic E-state index is 7.90. The third-order valence-electron chi connectivity index (χ3n) is 0.241. The first-order valence-electron chi connectivity index (χ1n) is 1.39. The lowest BCUT2D eigenvalue weighted by atomic mass is 10.7. The normalized spacial score (nSPS) is 9.80. The summed E-state index contributed by atoms with van der Waals surface area (Å²) in [5.74, 6) is 0. The van der Waals surface area contributed by atoms with Crippen LogP contribution in [0.3, 0.4) is 0 Å². The highest BCUT2D eigenvalue weighted by atomic mass is 16.2. The van der Waals surface area contributed by atoms with E-state index in [1.165, 1.54) is 12.3 Å². The van der Waals surface area contributed by atoms with E-state index in [1.54, 1.807) is 0 Å². The van der Waals surface area contributed by atoms with Gasteiger partial charge in [-0.1, -0.05) is 0 Å². The Labute approximate surface area is 30.9 Å². The molecule has 0 aliphatic carbocycles. The predicted molar refractivity (Wildman–Crippen MR) is 20.4 cm³/mol. The quantitative estimate of drug-likeness (QED) is 0.437. The molecule has 3 N–H and O–H groups in total. The molecule has 2 heteroatoms. The van der Waals surface area contributed by atoms with Gasteiger partial charge in [-0.15, -0.1) is 0 Å². The fraction of sp³-hybridized carbons (Fsp3) is 0.333. The van der Waals surface area contributed by atoms with Crippen LogP contribution in [0.2, 0.25) is 0 Å². The van der Waals surface area contributed by atoms with Gasteiger partial charge in [-0.2, -0.15) is 0 Å². The molecular formula is C3H7NO. The van der Waals surface area contributed by atoms with Crippen molar-refractivity contribution < 1.29 is 5.11 Å². The Morgan fingerprint density at radius 2 is 2.40 bits per heavy atom. The molecule has 0 aliphatic heterocycles. The lowest BCUT2D eigenvalue weighted by Crippen LogP contribution is -1.78. The molecule has 0 aromatic rings. The maximum absolute atomic E-state index is 7.90. The summed E-state index contributed by atoms with van der Waals surface area (Å²) in [5, 5.41) is 7.90. The fourth-order valence-corrected chi connectivity index (χ4v) is 0.0609. The molecule has 0 spiro atoms. The molecule has 0 bridgehead atoms. The maximum Gasteiger partial charge on any atom is 0.0629 e. The van der Waals surface area contributed by atoms with Crippen LogP contribution in [0, 0.1) is 0 Å². The number of hydrogen-bond donors (Lipinski definition) is 2. The third kappa shape index (κ3) is 3.50. The highest BCUT2D eigenvalue weighted by Crippen LogP contribution is 1.52. The van der Waals surface area contributed by atoms with Crippen molar-refractivity contribution in [2.45, 2.75) is 0 Å². The van der Waals surface area contributed by atoms with Gasteiger partial charge in [0.25, 0.3) is 0 Å². The summed E-state index contributed by atoms with van der Waals surface area (Å²) in [6, 6.07) is 0. The van der Waals surface area contributed by atoms with Gasteiger partial charge in [0.15, 0.2) is 0 Å². The van der Waals surface area contributed by atoms with Crippen molar-refractivity contribution in [1.82, 2.24) is 0 Å². The van der Waals surface area contributed by atoms with Crippen molar-refractivity contribution in [3.05, 3.63) is 12.3 Å². The van der Waals surface area contributed by atoms with Gasteiger partial charge in [-0.25, -0.2) is 0 Å². The smallest absolute Gasteiger partial charge is 0.0629 e. The second-order valence-corrected chi connectivity index (χ2v) is 0.611. The summed E-state index contributed by atoms with van der Waals surface area (Å²) in [5.41, 5.74) is 4.80. The largest absolute Gasteiger partial charge is 0.405 e. The zero-order chi connectivity index (χ0) is 4.12. The molecule has 30 valence electrons. The topological polar surface area (TPSA) is 46.2 Å². The van der Waals surface area contributed by atoms with Gasteiger partial charge in [-0.3, -0.25) is 0 Å². The van der Waals surface area contributed by atoms with E-state index in [0.29, 0.717) is 0 Å². The van der Waals surface area contributed by atoms with E-state index in [9.17, 15) is 0 Å². The molecule has 0 aromatic heterocycles. The van der Waals surface area contributed by atoms with Gasteiger partial charge in [0, 0.05) is 0 Å². The molecule has 5 heavy (non-hydrogen) atoms. The number of aliphatic hydroxyl groups is 1. The fourth-order valence-electron chi connectivity index (χ4n) is 0.0609. The van der Waals surface area contributed by atoms with Crippen molar-refractivity contribution in [3.63, 3.8) is 0 Å². The average molecular weight is 73.1 g/mol. The molecule has 2 nitrogen and oxygen atoms in total. The molecule has 0 saturated heterocycles. The second-order valence-electron chi connectivity index (χ2n) is 0.611. The number of rotatable bonds is 1. The minimum Gasteiger partial charge on any atom is -0.405 e. The van der Waals surface area contributed by atoms with Gasteiger partial charge in [-0.05, 0) is 12.3 Å². The second kappa shape index (κ2) is 3.50. The Kier molecular flexibility index (Phi) is 3.15. The van der Waals surface area contributed by atoms with Gasteiger partial charge in [0.2, 0.25) is 0 Å². The Hall–Kier alpha value is -0.500. The van der Waals surface area contributed by atoms with Crippen LogP contribution >= 0.6 is 0 Å². The van der Waals surface area contributed by atoms with E-state index >= 15 is 0 Å². The van der Waals surface area contributed by atoms with Crippen LogP contribution in [0.5, 0.6) is 0 Å². The summed E-state index contributed by atoms with van der Waals surface area (Å²) in [7, 11) is 0. The van der Waals surface area contributed by atoms with E-state index in [-0.39, 0.29) is 6.61 Å². The predicted octanol–water partition coefficient (Wildman–Crippen LogP) is -0.549. The van der Waals surface area contributed by atoms with Crippen LogP contribution < -0.4 is 5.73 Å². The highest BCUT2D eigenvalue weighted by Gasteiger charge is 1.52. The van der Waals surface area contributed by atoms with Crippen LogP contribution in [0.4, 0.5) is 0 Å². The van der Waals surface area contributed by atoms with Crippen LogP contribution in [0.25, 0.3) is 0 Å². The van der Waals surface area contributed by atoms with Crippen molar-refractivity contribution in [2.24, 2.45) is 5.73 Å². The van der Waals surface area contributed by atoms with E-state index in [1.807, 2.05) is 0 Å². The minimum absolute atomic E-state index is 0.0382. The van der Waals surface area contributed by atoms with Crippen LogP contribution in [0.1, 0.15) is 0 Å². The molecule has 0 aromatic carbocycles. The summed E-state index contributed by atoms with van der Waals surface area (Å²) in [6.45, 7) is 0.0382. The number of aliphatic hydroxyl groups excluding tert-OH is 1. The molecule has 0 amide bonds. The molecule has 0 radical (unpaired) electrons. The number of hydrogen-bond acceptors (Lipinski definition) is 2. The lowest BCUT2D eigenvalue weighted by molar-refractivity contribution is 0.342. The number of nitrogens with two attached hydrogens (primary N) is 1. The molecule has 0 fully saturated rings. The van der Waals surface area contributed by atoms with Crippen molar-refractivity contribution in [1.29, 1.82) is 0 Å². The van der Waals surface area contributed by atoms with Crippen molar-refractivity contribution >= 4 is 0 Å². The zero-order valence-electron chi connectivity index (χ0n) is 2.89. The van der Waals surface area contributed by atoms with Gasteiger partial charge >= 0.3 is 0 Å². The van der Waals surface area contributed by atoms with Gasteiger partial charge in [0.05, 0.1) is 6.61 Å². The van der Waals surface area contributed by atoms with Gasteiger partial charge < -0.3 is 10.8 Å². The Bertz CT molecular complexity index is 33.9. The lowest BCUT2D eigenvalue weighted by Gasteiger charge is -1.67. The SMILES string of the molecule is N/C=C/CO. The summed E-state index contributed by atoms with van der Waals surface area (Å²) in [4.78, 5) is 0. The molecule has 0 aliphatic rings. The summed E-state index contributed by atoms with van der Waals surface area (Å²) < 4.78 is 0. The summed E-state index contributed by atoms with van der Waals surface area (Å²) >= 11 is 0. The monoisotopic (exact) mass is 73.1 g/mol. The Balaban J connectivity index is 2.62. The van der Waals surface area contributed by atoms with Crippen LogP contribution in [-0.4, -0.2) is 11.7 Å². The third-order valence-corrected chi connectivity index (χ3v) is 0.241. The van der Waals surface area contributed by atoms with Crippen LogP contribution in [0.15, 0.2) is 12.3 Å². The first kappa shape index (κ1) is 4.50. The minimum atomic E-state index is 0.0382. The molecule has 0 saturated carbocycles. The van der Waals surface area contributed by atoms with E-state index in [2.05, 4.69) is 0 Å². The van der Waals surface area contributed by atoms with Crippen molar-refractivity contribution in [2.75, 3.05) is 6.61 Å². The molecule has 0 atom stereocenters. The molecule has 0 unspecified atom stereocenters. The highest BCUT2D eigenvalue weighted by molar-refractivity contribution is 4.72. The summed E-state index contributed by atoms with van der Waals surface area (Å²) in [6.07, 6.45) is 2.76. The molecular weight excluding hydrogens is 66.0 g/mol. The Morgan fingerprint density at radius 1 is 1.80 bits per heavy atom. The first-order valence-corrected chi connectivity index (χ1v) is 1.39. The zero-order valence-corrected chi connectivity index (χ0v) is 2.89. The molecule has 0 heterocycles.